The van der Waals surface area contributed by atoms with Gasteiger partial charge in [0.25, 0.3) is 0 Å². The van der Waals surface area contributed by atoms with Crippen molar-refractivity contribution >= 4 is 11.6 Å². The SMILES string of the molecule is COc1cc(C(C)CCN)c(Cl)cc1OC(C)C. The molecular formula is C14H22ClNO2. The minimum absolute atomic E-state index is 0.0854. The summed E-state index contributed by atoms with van der Waals surface area (Å²) in [6.45, 7) is 6.69. The van der Waals surface area contributed by atoms with Crippen molar-refractivity contribution in [2.45, 2.75) is 39.2 Å². The summed E-state index contributed by atoms with van der Waals surface area (Å²) in [5, 5.41) is 0.701. The van der Waals surface area contributed by atoms with Crippen LogP contribution in [0.2, 0.25) is 5.02 Å². The molecular weight excluding hydrogens is 250 g/mol. The predicted molar refractivity (Wildman–Crippen MR) is 75.9 cm³/mol. The first-order valence-corrected chi connectivity index (χ1v) is 6.61. The summed E-state index contributed by atoms with van der Waals surface area (Å²) in [5.74, 6) is 1.71. The zero-order valence-corrected chi connectivity index (χ0v) is 12.3. The number of nitrogens with two attached hydrogens (primary N) is 1. The maximum atomic E-state index is 6.30. The zero-order valence-electron chi connectivity index (χ0n) is 11.5. The van der Waals surface area contributed by atoms with Crippen molar-refractivity contribution in [1.82, 2.24) is 0 Å². The van der Waals surface area contributed by atoms with Gasteiger partial charge in [0.05, 0.1) is 13.2 Å². The first-order chi connectivity index (χ1) is 8.49. The molecule has 0 radical (unpaired) electrons. The molecule has 0 fully saturated rings. The second-order valence-corrected chi connectivity index (χ2v) is 5.08. The van der Waals surface area contributed by atoms with Crippen molar-refractivity contribution in [1.29, 1.82) is 0 Å². The van der Waals surface area contributed by atoms with Gasteiger partial charge in [-0.15, -0.1) is 0 Å². The number of rotatable bonds is 6. The Labute approximate surface area is 114 Å². The number of hydrogen-bond acceptors (Lipinski definition) is 3. The molecule has 0 spiro atoms. The lowest BCUT2D eigenvalue weighted by molar-refractivity contribution is 0.230. The van der Waals surface area contributed by atoms with Crippen molar-refractivity contribution in [3.8, 4) is 11.5 Å². The van der Waals surface area contributed by atoms with Gasteiger partial charge < -0.3 is 15.2 Å². The molecule has 1 unspecified atom stereocenters. The van der Waals surface area contributed by atoms with Crippen LogP contribution in [0.4, 0.5) is 0 Å². The minimum Gasteiger partial charge on any atom is -0.493 e. The maximum absolute atomic E-state index is 6.30. The van der Waals surface area contributed by atoms with Gasteiger partial charge in [0, 0.05) is 11.1 Å². The largest absolute Gasteiger partial charge is 0.493 e. The molecule has 1 aromatic carbocycles. The fourth-order valence-electron chi connectivity index (χ4n) is 1.84. The fourth-order valence-corrected chi connectivity index (χ4v) is 2.18. The summed E-state index contributed by atoms with van der Waals surface area (Å²) in [6, 6.07) is 3.77. The van der Waals surface area contributed by atoms with Crippen LogP contribution in [-0.4, -0.2) is 19.8 Å². The van der Waals surface area contributed by atoms with Gasteiger partial charge in [0.2, 0.25) is 0 Å². The minimum atomic E-state index is 0.0854. The fraction of sp³-hybridized carbons (Fsp3) is 0.571. The number of benzene rings is 1. The molecule has 3 nitrogen and oxygen atoms in total. The molecule has 0 saturated carbocycles. The van der Waals surface area contributed by atoms with E-state index in [4.69, 9.17) is 26.8 Å². The van der Waals surface area contributed by atoms with Gasteiger partial charge in [-0.25, -0.2) is 0 Å². The van der Waals surface area contributed by atoms with Crippen molar-refractivity contribution in [2.75, 3.05) is 13.7 Å². The Hall–Kier alpha value is -0.930. The highest BCUT2D eigenvalue weighted by Gasteiger charge is 2.15. The Balaban J connectivity index is 3.09. The van der Waals surface area contributed by atoms with Crippen molar-refractivity contribution in [2.24, 2.45) is 5.73 Å². The molecule has 1 rings (SSSR count). The van der Waals surface area contributed by atoms with Gasteiger partial charge >= 0.3 is 0 Å². The standard InChI is InChI=1S/C14H22ClNO2/c1-9(2)18-14-8-12(15)11(7-13(14)17-4)10(3)5-6-16/h7-10H,5-6,16H2,1-4H3. The van der Waals surface area contributed by atoms with Crippen molar-refractivity contribution < 1.29 is 9.47 Å². The van der Waals surface area contributed by atoms with Crippen LogP contribution >= 0.6 is 11.6 Å². The van der Waals surface area contributed by atoms with E-state index < -0.39 is 0 Å². The third-order valence-corrected chi connectivity index (χ3v) is 3.10. The Kier molecular flexibility index (Phi) is 5.76. The Morgan fingerprint density at radius 3 is 2.39 bits per heavy atom. The molecule has 0 heterocycles. The summed E-state index contributed by atoms with van der Waals surface area (Å²) in [7, 11) is 1.63. The van der Waals surface area contributed by atoms with E-state index in [-0.39, 0.29) is 6.10 Å². The Morgan fingerprint density at radius 2 is 1.89 bits per heavy atom. The molecule has 0 aliphatic carbocycles. The molecule has 18 heavy (non-hydrogen) atoms. The maximum Gasteiger partial charge on any atom is 0.163 e. The lowest BCUT2D eigenvalue weighted by Gasteiger charge is -2.18. The van der Waals surface area contributed by atoms with Crippen molar-refractivity contribution in [3.05, 3.63) is 22.7 Å². The number of methoxy groups -OCH3 is 1. The van der Waals surface area contributed by atoms with E-state index in [9.17, 15) is 0 Å². The first-order valence-electron chi connectivity index (χ1n) is 6.23. The summed E-state index contributed by atoms with van der Waals surface area (Å²) in [6.07, 6.45) is 0.982. The topological polar surface area (TPSA) is 44.5 Å². The highest BCUT2D eigenvalue weighted by Crippen LogP contribution is 2.37. The molecule has 4 heteroatoms. The van der Waals surface area contributed by atoms with Gasteiger partial charge in [0.15, 0.2) is 11.5 Å². The van der Waals surface area contributed by atoms with Crippen LogP contribution < -0.4 is 15.2 Å². The lowest BCUT2D eigenvalue weighted by Crippen LogP contribution is -2.08. The van der Waals surface area contributed by atoms with E-state index in [1.165, 1.54) is 0 Å². The summed E-state index contributed by atoms with van der Waals surface area (Å²) >= 11 is 6.30. The van der Waals surface area contributed by atoms with E-state index in [0.29, 0.717) is 29.0 Å². The molecule has 2 N–H and O–H groups in total. The second-order valence-electron chi connectivity index (χ2n) is 4.67. The van der Waals surface area contributed by atoms with Crippen LogP contribution in [0.5, 0.6) is 11.5 Å². The van der Waals surface area contributed by atoms with Crippen LogP contribution in [0.1, 0.15) is 38.7 Å². The molecule has 102 valence electrons. The molecule has 1 aromatic rings. The lowest BCUT2D eigenvalue weighted by atomic mass is 9.97. The smallest absolute Gasteiger partial charge is 0.163 e. The second kappa shape index (κ2) is 6.86. The van der Waals surface area contributed by atoms with Crippen LogP contribution in [0, 0.1) is 0 Å². The number of hydrogen-bond donors (Lipinski definition) is 1. The van der Waals surface area contributed by atoms with E-state index in [2.05, 4.69) is 6.92 Å². The van der Waals surface area contributed by atoms with E-state index in [0.717, 1.165) is 12.0 Å². The van der Waals surface area contributed by atoms with Crippen LogP contribution in [-0.2, 0) is 0 Å². The molecule has 0 aliphatic heterocycles. The molecule has 0 bridgehead atoms. The normalized spacial score (nSPS) is 12.6. The number of halogens is 1. The molecule has 1 atom stereocenters. The highest BCUT2D eigenvalue weighted by molar-refractivity contribution is 6.31. The Morgan fingerprint density at radius 1 is 1.22 bits per heavy atom. The summed E-state index contributed by atoms with van der Waals surface area (Å²) in [4.78, 5) is 0. The van der Waals surface area contributed by atoms with Gasteiger partial charge in [-0.05, 0) is 44.4 Å². The van der Waals surface area contributed by atoms with Crippen molar-refractivity contribution in [3.63, 3.8) is 0 Å². The van der Waals surface area contributed by atoms with E-state index >= 15 is 0 Å². The summed E-state index contributed by atoms with van der Waals surface area (Å²) < 4.78 is 11.0. The Bertz CT molecular complexity index is 394. The third kappa shape index (κ3) is 3.79. The molecule has 0 amide bonds. The average molecular weight is 272 g/mol. The van der Waals surface area contributed by atoms with Crippen LogP contribution in [0.25, 0.3) is 0 Å². The van der Waals surface area contributed by atoms with E-state index in [1.54, 1.807) is 7.11 Å². The van der Waals surface area contributed by atoms with Gasteiger partial charge in [0.1, 0.15) is 0 Å². The zero-order chi connectivity index (χ0) is 13.7. The highest BCUT2D eigenvalue weighted by atomic mass is 35.5. The predicted octanol–water partition coefficient (Wildman–Crippen LogP) is 3.59. The number of ether oxygens (including phenoxy) is 2. The van der Waals surface area contributed by atoms with E-state index in [1.807, 2.05) is 26.0 Å². The summed E-state index contributed by atoms with van der Waals surface area (Å²) in [5.41, 5.74) is 6.64. The van der Waals surface area contributed by atoms with Gasteiger partial charge in [-0.1, -0.05) is 18.5 Å². The monoisotopic (exact) mass is 271 g/mol. The van der Waals surface area contributed by atoms with Gasteiger partial charge in [-0.2, -0.15) is 0 Å². The van der Waals surface area contributed by atoms with Gasteiger partial charge in [-0.3, -0.25) is 0 Å². The quantitative estimate of drug-likeness (QED) is 0.860. The molecule has 0 aliphatic rings. The first kappa shape index (κ1) is 15.1. The average Bonchev–Trinajstić information content (AvgIpc) is 2.28. The molecule has 0 aromatic heterocycles. The van der Waals surface area contributed by atoms with Crippen LogP contribution in [0.3, 0.4) is 0 Å². The third-order valence-electron chi connectivity index (χ3n) is 2.78. The molecule has 0 saturated heterocycles. The van der Waals surface area contributed by atoms with Crippen LogP contribution in [0.15, 0.2) is 12.1 Å².